The van der Waals surface area contributed by atoms with Gasteiger partial charge in [0.1, 0.15) is 0 Å². The van der Waals surface area contributed by atoms with E-state index in [0.717, 1.165) is 6.07 Å². The van der Waals surface area contributed by atoms with E-state index in [0.29, 0.717) is 17.9 Å². The van der Waals surface area contributed by atoms with Crippen molar-refractivity contribution in [3.63, 3.8) is 0 Å². The van der Waals surface area contributed by atoms with Crippen molar-refractivity contribution in [2.45, 2.75) is 19.6 Å². The summed E-state index contributed by atoms with van der Waals surface area (Å²) >= 11 is 1.20. The van der Waals surface area contributed by atoms with Gasteiger partial charge >= 0.3 is 6.18 Å². The Hall–Kier alpha value is -1.63. The van der Waals surface area contributed by atoms with Gasteiger partial charge in [-0.05, 0) is 36.2 Å². The molecule has 2 rings (SSSR count). The molecule has 0 amide bonds. The van der Waals surface area contributed by atoms with Crippen molar-refractivity contribution in [3.05, 3.63) is 40.4 Å². The van der Waals surface area contributed by atoms with E-state index >= 15 is 0 Å². The predicted molar refractivity (Wildman–Crippen MR) is 63.4 cm³/mol. The number of alkyl halides is 3. The van der Waals surface area contributed by atoms with Crippen LogP contribution >= 0.6 is 11.5 Å². The van der Waals surface area contributed by atoms with Crippen LogP contribution in [-0.4, -0.2) is 9.59 Å². The Morgan fingerprint density at radius 1 is 1.33 bits per heavy atom. The van der Waals surface area contributed by atoms with Crippen molar-refractivity contribution >= 4 is 17.2 Å². The number of rotatable bonds is 3. The van der Waals surface area contributed by atoms with E-state index in [1.54, 1.807) is 11.4 Å². The highest BCUT2D eigenvalue weighted by Gasteiger charge is 2.32. The van der Waals surface area contributed by atoms with E-state index in [9.17, 15) is 13.2 Å². The zero-order chi connectivity index (χ0) is 13.2. The molecule has 7 heteroatoms. The molecule has 2 aromatic rings. The van der Waals surface area contributed by atoms with Crippen molar-refractivity contribution in [2.24, 2.45) is 0 Å². The number of anilines is 1. The van der Waals surface area contributed by atoms with Crippen LogP contribution in [0.25, 0.3) is 0 Å². The monoisotopic (exact) mass is 273 g/mol. The fourth-order valence-corrected chi connectivity index (χ4v) is 1.94. The summed E-state index contributed by atoms with van der Waals surface area (Å²) < 4.78 is 41.8. The third-order valence-electron chi connectivity index (χ3n) is 2.42. The van der Waals surface area contributed by atoms with Crippen LogP contribution in [0.15, 0.2) is 23.6 Å². The van der Waals surface area contributed by atoms with Gasteiger partial charge in [0, 0.05) is 11.1 Å². The number of hydrogen-bond donors (Lipinski definition) is 1. The molecule has 0 atom stereocenters. The van der Waals surface area contributed by atoms with Crippen molar-refractivity contribution in [1.82, 2.24) is 9.59 Å². The largest absolute Gasteiger partial charge is 0.416 e. The van der Waals surface area contributed by atoms with E-state index in [1.165, 1.54) is 24.5 Å². The molecule has 1 aromatic carbocycles. The SMILES string of the molecule is Cc1ccc(NCc2csnn2)cc1C(F)(F)F. The molecule has 3 nitrogen and oxygen atoms in total. The molecule has 18 heavy (non-hydrogen) atoms. The zero-order valence-electron chi connectivity index (χ0n) is 9.45. The molecular formula is C11H10F3N3S. The summed E-state index contributed by atoms with van der Waals surface area (Å²) in [5.74, 6) is 0. The van der Waals surface area contributed by atoms with Gasteiger partial charge in [0.05, 0.1) is 17.8 Å². The topological polar surface area (TPSA) is 37.8 Å². The average Bonchev–Trinajstić information content (AvgIpc) is 2.79. The summed E-state index contributed by atoms with van der Waals surface area (Å²) in [6.07, 6.45) is -4.33. The fraction of sp³-hybridized carbons (Fsp3) is 0.273. The van der Waals surface area contributed by atoms with E-state index in [2.05, 4.69) is 14.9 Å². The molecule has 96 valence electrons. The minimum Gasteiger partial charge on any atom is -0.379 e. The molecular weight excluding hydrogens is 263 g/mol. The summed E-state index contributed by atoms with van der Waals surface area (Å²) in [5.41, 5.74) is 0.710. The van der Waals surface area contributed by atoms with Crippen LogP contribution in [0.1, 0.15) is 16.8 Å². The quantitative estimate of drug-likeness (QED) is 0.930. The molecule has 0 radical (unpaired) electrons. The molecule has 1 heterocycles. The van der Waals surface area contributed by atoms with Gasteiger partial charge in [-0.15, -0.1) is 5.10 Å². The number of nitrogens with zero attached hydrogens (tertiary/aromatic N) is 2. The smallest absolute Gasteiger partial charge is 0.379 e. The van der Waals surface area contributed by atoms with E-state index in [4.69, 9.17) is 0 Å². The first-order valence-corrected chi connectivity index (χ1v) is 5.98. The van der Waals surface area contributed by atoms with Crippen molar-refractivity contribution < 1.29 is 13.2 Å². The summed E-state index contributed by atoms with van der Waals surface area (Å²) in [6.45, 7) is 1.80. The van der Waals surface area contributed by atoms with Crippen LogP contribution in [0, 0.1) is 6.92 Å². The fourth-order valence-electron chi connectivity index (χ4n) is 1.49. The van der Waals surface area contributed by atoms with Crippen LogP contribution in [-0.2, 0) is 12.7 Å². The molecule has 0 unspecified atom stereocenters. The molecule has 1 N–H and O–H groups in total. The van der Waals surface area contributed by atoms with Crippen LogP contribution in [0.2, 0.25) is 0 Å². The Kier molecular flexibility index (Phi) is 3.51. The second kappa shape index (κ2) is 4.93. The first-order valence-electron chi connectivity index (χ1n) is 5.14. The number of hydrogen-bond acceptors (Lipinski definition) is 4. The lowest BCUT2D eigenvalue weighted by Gasteiger charge is -2.12. The van der Waals surface area contributed by atoms with Gasteiger partial charge in [-0.3, -0.25) is 0 Å². The molecule has 0 spiro atoms. The van der Waals surface area contributed by atoms with E-state index in [-0.39, 0.29) is 5.56 Å². The number of halogens is 3. The number of aryl methyl sites for hydroxylation is 1. The van der Waals surface area contributed by atoms with Gasteiger partial charge in [0.25, 0.3) is 0 Å². The number of aromatic nitrogens is 2. The normalized spacial score (nSPS) is 11.6. The maximum atomic E-state index is 12.7. The zero-order valence-corrected chi connectivity index (χ0v) is 10.3. The maximum Gasteiger partial charge on any atom is 0.416 e. The highest BCUT2D eigenvalue weighted by Crippen LogP contribution is 2.33. The highest BCUT2D eigenvalue weighted by molar-refractivity contribution is 7.03. The number of benzene rings is 1. The lowest BCUT2D eigenvalue weighted by molar-refractivity contribution is -0.138. The Balaban J connectivity index is 2.15. The van der Waals surface area contributed by atoms with Gasteiger partial charge in [-0.25, -0.2) is 0 Å². The second-order valence-corrected chi connectivity index (χ2v) is 4.39. The summed E-state index contributed by atoms with van der Waals surface area (Å²) in [4.78, 5) is 0. The minimum absolute atomic E-state index is 0.211. The first-order chi connectivity index (χ1) is 8.47. The van der Waals surface area contributed by atoms with Gasteiger partial charge in [0.15, 0.2) is 0 Å². The summed E-state index contributed by atoms with van der Waals surface area (Å²) in [5, 5.41) is 8.44. The van der Waals surface area contributed by atoms with Gasteiger partial charge in [-0.1, -0.05) is 10.6 Å². The van der Waals surface area contributed by atoms with Crippen LogP contribution in [0.4, 0.5) is 18.9 Å². The molecule has 0 saturated carbocycles. The summed E-state index contributed by atoms with van der Waals surface area (Å²) in [6, 6.07) is 4.17. The van der Waals surface area contributed by atoms with Crippen LogP contribution in [0.3, 0.4) is 0 Å². The Labute approximate surface area is 106 Å². The number of nitrogens with one attached hydrogen (secondary N) is 1. The van der Waals surface area contributed by atoms with Crippen LogP contribution in [0.5, 0.6) is 0 Å². The third kappa shape index (κ3) is 2.98. The Morgan fingerprint density at radius 2 is 2.11 bits per heavy atom. The molecule has 1 aromatic heterocycles. The molecule has 0 bridgehead atoms. The van der Waals surface area contributed by atoms with E-state index in [1.807, 2.05) is 0 Å². The van der Waals surface area contributed by atoms with Crippen molar-refractivity contribution in [1.29, 1.82) is 0 Å². The summed E-state index contributed by atoms with van der Waals surface area (Å²) in [7, 11) is 0. The Morgan fingerprint density at radius 3 is 2.72 bits per heavy atom. The Bertz CT molecular complexity index is 523. The molecule has 0 aliphatic heterocycles. The lowest BCUT2D eigenvalue weighted by atomic mass is 10.1. The first kappa shape index (κ1) is 12.8. The third-order valence-corrected chi connectivity index (χ3v) is 2.98. The van der Waals surface area contributed by atoms with Crippen molar-refractivity contribution in [3.8, 4) is 0 Å². The van der Waals surface area contributed by atoms with Crippen LogP contribution < -0.4 is 5.32 Å². The lowest BCUT2D eigenvalue weighted by Crippen LogP contribution is -2.09. The molecule has 0 aliphatic rings. The molecule has 0 saturated heterocycles. The minimum atomic E-state index is -4.33. The van der Waals surface area contributed by atoms with Gasteiger partial charge in [-0.2, -0.15) is 13.2 Å². The highest BCUT2D eigenvalue weighted by atomic mass is 32.1. The standard InChI is InChI=1S/C11H10F3N3S/c1-7-2-3-8(4-10(7)11(12,13)14)15-5-9-6-18-17-16-9/h2-4,6,15H,5H2,1H3. The second-order valence-electron chi connectivity index (χ2n) is 3.78. The van der Waals surface area contributed by atoms with E-state index < -0.39 is 11.7 Å². The molecule has 0 aliphatic carbocycles. The predicted octanol–water partition coefficient (Wildman–Crippen LogP) is 3.48. The average molecular weight is 273 g/mol. The molecule has 0 fully saturated rings. The maximum absolute atomic E-state index is 12.7. The van der Waals surface area contributed by atoms with Gasteiger partial charge < -0.3 is 5.32 Å². The van der Waals surface area contributed by atoms with Crippen molar-refractivity contribution in [2.75, 3.05) is 5.32 Å². The van der Waals surface area contributed by atoms with Gasteiger partial charge in [0.2, 0.25) is 0 Å².